The number of aryl methyl sites for hydroxylation is 1. The molecule has 4 aromatic rings. The van der Waals surface area contributed by atoms with Gasteiger partial charge in [0.2, 0.25) is 0 Å². The molecule has 0 radical (unpaired) electrons. The van der Waals surface area contributed by atoms with Crippen LogP contribution in [-0.2, 0) is 0 Å². The molecule has 1 aliphatic heterocycles. The van der Waals surface area contributed by atoms with E-state index in [2.05, 4.69) is 9.88 Å². The molecule has 0 saturated carbocycles. The maximum absolute atomic E-state index is 13.1. The number of fused-ring (bicyclic) bond motifs is 1. The van der Waals surface area contributed by atoms with Crippen molar-refractivity contribution in [1.82, 2.24) is 14.5 Å². The smallest absolute Gasteiger partial charge is 0.265 e. The van der Waals surface area contributed by atoms with Crippen LogP contribution in [0.3, 0.4) is 0 Å². The molecule has 0 N–H and O–H groups in total. The normalized spacial score (nSPS) is 13.8. The predicted octanol–water partition coefficient (Wildman–Crippen LogP) is 3.67. The summed E-state index contributed by atoms with van der Waals surface area (Å²) in [5.41, 5.74) is 3.00. The Hall–Kier alpha value is -4.13. The van der Waals surface area contributed by atoms with Gasteiger partial charge in [-0.3, -0.25) is 14.2 Å². The van der Waals surface area contributed by atoms with E-state index < -0.39 is 0 Å². The third-order valence-corrected chi connectivity index (χ3v) is 6.32. The number of carbonyl (C=O) groups excluding carboxylic acids is 1. The fraction of sp³-hybridized carbons (Fsp3) is 0.222. The molecule has 1 aromatic heterocycles. The SMILES string of the molecule is COc1ccc(N2CCN(C(=O)c3ccc(-n4c(C)nc5ccccc5c4=O)cc3)CC2)cc1. The number of anilines is 1. The number of rotatable bonds is 4. The Labute approximate surface area is 197 Å². The molecule has 1 aliphatic rings. The summed E-state index contributed by atoms with van der Waals surface area (Å²) in [5.74, 6) is 1.44. The van der Waals surface area contributed by atoms with Crippen LogP contribution in [0.15, 0.2) is 77.6 Å². The number of para-hydroxylation sites is 1. The first-order chi connectivity index (χ1) is 16.5. The van der Waals surface area contributed by atoms with Crippen molar-refractivity contribution < 1.29 is 9.53 Å². The molecular formula is C27H26N4O3. The second-order valence-corrected chi connectivity index (χ2v) is 8.34. The first-order valence-corrected chi connectivity index (χ1v) is 11.3. The van der Waals surface area contributed by atoms with Crippen LogP contribution < -0.4 is 15.2 Å². The third-order valence-electron chi connectivity index (χ3n) is 6.32. The van der Waals surface area contributed by atoms with Gasteiger partial charge in [0.25, 0.3) is 11.5 Å². The molecule has 0 spiro atoms. The zero-order valence-electron chi connectivity index (χ0n) is 19.3. The molecule has 172 valence electrons. The minimum Gasteiger partial charge on any atom is -0.497 e. The van der Waals surface area contributed by atoms with Crippen LogP contribution in [-0.4, -0.2) is 53.6 Å². The lowest BCUT2D eigenvalue weighted by molar-refractivity contribution is 0.0747. The zero-order valence-corrected chi connectivity index (χ0v) is 19.3. The van der Waals surface area contributed by atoms with Gasteiger partial charge < -0.3 is 14.5 Å². The fourth-order valence-corrected chi connectivity index (χ4v) is 4.44. The van der Waals surface area contributed by atoms with Crippen LogP contribution in [0, 0.1) is 6.92 Å². The number of hydrogen-bond donors (Lipinski definition) is 0. The van der Waals surface area contributed by atoms with Crippen molar-refractivity contribution in [3.05, 3.63) is 94.5 Å². The van der Waals surface area contributed by atoms with Crippen LogP contribution in [0.2, 0.25) is 0 Å². The van der Waals surface area contributed by atoms with Crippen molar-refractivity contribution in [2.24, 2.45) is 0 Å². The van der Waals surface area contributed by atoms with Crippen LogP contribution in [0.25, 0.3) is 16.6 Å². The minimum atomic E-state index is -0.114. The summed E-state index contributed by atoms with van der Waals surface area (Å²) < 4.78 is 6.82. The molecule has 2 heterocycles. The Bertz CT molecular complexity index is 1390. The van der Waals surface area contributed by atoms with Gasteiger partial charge in [-0.05, 0) is 67.6 Å². The molecule has 1 amide bonds. The first kappa shape index (κ1) is 21.7. The van der Waals surface area contributed by atoms with E-state index in [0.29, 0.717) is 41.1 Å². The van der Waals surface area contributed by atoms with Crippen LogP contribution >= 0.6 is 0 Å². The summed E-state index contributed by atoms with van der Waals surface area (Å²) in [5, 5.41) is 0.572. The largest absolute Gasteiger partial charge is 0.497 e. The van der Waals surface area contributed by atoms with E-state index in [9.17, 15) is 9.59 Å². The second-order valence-electron chi connectivity index (χ2n) is 8.34. The lowest BCUT2D eigenvalue weighted by atomic mass is 10.1. The Morgan fingerprint density at radius 1 is 0.853 bits per heavy atom. The summed E-state index contributed by atoms with van der Waals surface area (Å²) in [7, 11) is 1.66. The lowest BCUT2D eigenvalue weighted by Gasteiger charge is -2.36. The molecule has 7 heteroatoms. The van der Waals surface area contributed by atoms with Crippen molar-refractivity contribution in [1.29, 1.82) is 0 Å². The van der Waals surface area contributed by atoms with E-state index in [1.165, 1.54) is 0 Å². The van der Waals surface area contributed by atoms with Crippen molar-refractivity contribution in [2.45, 2.75) is 6.92 Å². The highest BCUT2D eigenvalue weighted by Crippen LogP contribution is 2.21. The summed E-state index contributed by atoms with van der Waals surface area (Å²) in [6.45, 7) is 4.66. The molecule has 1 saturated heterocycles. The zero-order chi connectivity index (χ0) is 23.7. The number of aromatic nitrogens is 2. The maximum Gasteiger partial charge on any atom is 0.265 e. The number of hydrogen-bond acceptors (Lipinski definition) is 5. The third kappa shape index (κ3) is 4.01. The quantitative estimate of drug-likeness (QED) is 0.471. The van der Waals surface area contributed by atoms with Gasteiger partial charge in [0.1, 0.15) is 11.6 Å². The summed E-state index contributed by atoms with van der Waals surface area (Å²) in [4.78, 5) is 34.8. The number of nitrogens with zero attached hydrogens (tertiary/aromatic N) is 4. The average molecular weight is 455 g/mol. The van der Waals surface area contributed by atoms with Gasteiger partial charge in [-0.15, -0.1) is 0 Å². The Kier molecular flexibility index (Phi) is 5.76. The average Bonchev–Trinajstić information content (AvgIpc) is 2.89. The molecular weight excluding hydrogens is 428 g/mol. The van der Waals surface area contributed by atoms with Crippen molar-refractivity contribution in [3.8, 4) is 11.4 Å². The first-order valence-electron chi connectivity index (χ1n) is 11.3. The molecule has 0 bridgehead atoms. The Morgan fingerprint density at radius 3 is 2.18 bits per heavy atom. The lowest BCUT2D eigenvalue weighted by Crippen LogP contribution is -2.48. The van der Waals surface area contributed by atoms with Gasteiger partial charge >= 0.3 is 0 Å². The molecule has 1 fully saturated rings. The molecule has 7 nitrogen and oxygen atoms in total. The summed E-state index contributed by atoms with van der Waals surface area (Å²) in [6, 6.07) is 22.5. The van der Waals surface area contributed by atoms with Crippen LogP contribution in [0.5, 0.6) is 5.75 Å². The number of piperazine rings is 1. The Balaban J connectivity index is 1.30. The number of methoxy groups -OCH3 is 1. The van der Waals surface area contributed by atoms with E-state index in [4.69, 9.17) is 4.74 Å². The maximum atomic E-state index is 13.1. The highest BCUT2D eigenvalue weighted by atomic mass is 16.5. The molecule has 3 aromatic carbocycles. The van der Waals surface area contributed by atoms with E-state index in [1.807, 2.05) is 66.4 Å². The minimum absolute atomic E-state index is 0.00152. The number of benzene rings is 3. The van der Waals surface area contributed by atoms with E-state index in [0.717, 1.165) is 24.5 Å². The standard InChI is InChI=1S/C27H26N4O3/c1-19-28-25-6-4-3-5-24(25)27(33)31(19)22-9-7-20(8-10-22)26(32)30-17-15-29(16-18-30)21-11-13-23(34-2)14-12-21/h3-14H,15-18H2,1-2H3. The van der Waals surface area contributed by atoms with Gasteiger partial charge in [0, 0.05) is 37.4 Å². The number of carbonyl (C=O) groups is 1. The van der Waals surface area contributed by atoms with Gasteiger partial charge in [0.05, 0.1) is 23.7 Å². The monoisotopic (exact) mass is 454 g/mol. The number of amides is 1. The predicted molar refractivity (Wildman–Crippen MR) is 133 cm³/mol. The molecule has 5 rings (SSSR count). The van der Waals surface area contributed by atoms with Gasteiger partial charge in [0.15, 0.2) is 0 Å². The van der Waals surface area contributed by atoms with Gasteiger partial charge in [-0.25, -0.2) is 4.98 Å². The van der Waals surface area contributed by atoms with E-state index >= 15 is 0 Å². The highest BCUT2D eigenvalue weighted by molar-refractivity contribution is 5.94. The summed E-state index contributed by atoms with van der Waals surface area (Å²) >= 11 is 0. The number of ether oxygens (including phenoxy) is 1. The van der Waals surface area contributed by atoms with Crippen molar-refractivity contribution >= 4 is 22.5 Å². The van der Waals surface area contributed by atoms with Crippen LogP contribution in [0.1, 0.15) is 16.2 Å². The topological polar surface area (TPSA) is 67.7 Å². The molecule has 0 unspecified atom stereocenters. The van der Waals surface area contributed by atoms with Crippen molar-refractivity contribution in [2.75, 3.05) is 38.2 Å². The van der Waals surface area contributed by atoms with Gasteiger partial charge in [-0.2, -0.15) is 0 Å². The molecule has 34 heavy (non-hydrogen) atoms. The van der Waals surface area contributed by atoms with E-state index in [-0.39, 0.29) is 11.5 Å². The van der Waals surface area contributed by atoms with Gasteiger partial charge in [-0.1, -0.05) is 12.1 Å². The summed E-state index contributed by atoms with van der Waals surface area (Å²) in [6.07, 6.45) is 0. The van der Waals surface area contributed by atoms with Crippen LogP contribution in [0.4, 0.5) is 5.69 Å². The molecule has 0 aliphatic carbocycles. The highest BCUT2D eigenvalue weighted by Gasteiger charge is 2.22. The Morgan fingerprint density at radius 2 is 1.50 bits per heavy atom. The van der Waals surface area contributed by atoms with E-state index in [1.54, 1.807) is 29.9 Å². The second kappa shape index (κ2) is 9.02. The fourth-order valence-electron chi connectivity index (χ4n) is 4.44. The molecule has 0 atom stereocenters. The van der Waals surface area contributed by atoms with Crippen molar-refractivity contribution in [3.63, 3.8) is 0 Å².